The first-order valence-electron chi connectivity index (χ1n) is 34.0. The maximum Gasteiger partial charge on any atom is 0.472 e. The Labute approximate surface area is 511 Å². The Balaban J connectivity index is 5.12. The van der Waals surface area contributed by atoms with E-state index in [4.69, 9.17) is 37.0 Å². The second-order valence-corrected chi connectivity index (χ2v) is 27.4. The van der Waals surface area contributed by atoms with E-state index in [9.17, 15) is 43.2 Å². The Morgan fingerprint density at radius 2 is 0.548 bits per heavy atom. The molecule has 0 aliphatic rings. The molecular formula is C65H126O17P2. The first kappa shape index (κ1) is 82.1. The van der Waals surface area contributed by atoms with E-state index in [-0.39, 0.29) is 25.7 Å². The van der Waals surface area contributed by atoms with Crippen LogP contribution in [0.4, 0.5) is 0 Å². The van der Waals surface area contributed by atoms with Crippen LogP contribution in [0.5, 0.6) is 0 Å². The molecule has 19 heteroatoms. The van der Waals surface area contributed by atoms with Gasteiger partial charge in [-0.1, -0.05) is 273 Å². The predicted octanol–water partition coefficient (Wildman–Crippen LogP) is 18.0. The van der Waals surface area contributed by atoms with Gasteiger partial charge in [0.15, 0.2) is 12.2 Å². The van der Waals surface area contributed by atoms with Crippen molar-refractivity contribution in [2.75, 3.05) is 39.6 Å². The summed E-state index contributed by atoms with van der Waals surface area (Å²) in [5, 5.41) is 10.5. The Morgan fingerprint density at radius 3 is 0.810 bits per heavy atom. The van der Waals surface area contributed by atoms with E-state index in [0.29, 0.717) is 31.6 Å². The van der Waals surface area contributed by atoms with Gasteiger partial charge in [-0.3, -0.25) is 37.3 Å². The molecule has 5 atom stereocenters. The van der Waals surface area contributed by atoms with E-state index in [2.05, 4.69) is 41.5 Å². The topological polar surface area (TPSA) is 237 Å². The fourth-order valence-electron chi connectivity index (χ4n) is 9.71. The van der Waals surface area contributed by atoms with Crippen LogP contribution in [-0.4, -0.2) is 96.7 Å². The zero-order valence-corrected chi connectivity index (χ0v) is 56.0. The Morgan fingerprint density at radius 1 is 0.321 bits per heavy atom. The average molecular weight is 1240 g/mol. The molecule has 0 spiro atoms. The number of aliphatic hydroxyl groups excluding tert-OH is 1. The minimum atomic E-state index is -4.94. The van der Waals surface area contributed by atoms with Crippen LogP contribution in [0.2, 0.25) is 0 Å². The number of esters is 4. The summed E-state index contributed by atoms with van der Waals surface area (Å²) < 4.78 is 67.8. The highest BCUT2D eigenvalue weighted by molar-refractivity contribution is 7.47. The van der Waals surface area contributed by atoms with Crippen molar-refractivity contribution >= 4 is 39.5 Å². The second kappa shape index (κ2) is 57.5. The van der Waals surface area contributed by atoms with Gasteiger partial charge < -0.3 is 33.8 Å². The van der Waals surface area contributed by atoms with E-state index in [1.807, 2.05) is 0 Å². The molecule has 2 unspecified atom stereocenters. The van der Waals surface area contributed by atoms with Crippen molar-refractivity contribution in [3.05, 3.63) is 0 Å². The lowest BCUT2D eigenvalue weighted by Crippen LogP contribution is -2.30. The van der Waals surface area contributed by atoms with Gasteiger partial charge >= 0.3 is 39.5 Å². The molecule has 0 heterocycles. The van der Waals surface area contributed by atoms with Gasteiger partial charge in [0, 0.05) is 25.7 Å². The Bertz CT molecular complexity index is 1650. The van der Waals surface area contributed by atoms with Crippen LogP contribution < -0.4 is 0 Å². The van der Waals surface area contributed by atoms with Gasteiger partial charge in [-0.25, -0.2) is 9.13 Å². The van der Waals surface area contributed by atoms with Crippen molar-refractivity contribution < 1.29 is 80.2 Å². The van der Waals surface area contributed by atoms with Crippen molar-refractivity contribution in [1.82, 2.24) is 0 Å². The van der Waals surface area contributed by atoms with E-state index in [1.54, 1.807) is 0 Å². The molecule has 0 aromatic heterocycles. The average Bonchev–Trinajstić information content (AvgIpc) is 3.47. The lowest BCUT2D eigenvalue weighted by molar-refractivity contribution is -0.161. The molecule has 0 aliphatic carbocycles. The molecule has 498 valence electrons. The molecule has 0 bridgehead atoms. The molecular weight excluding hydrogens is 1110 g/mol. The van der Waals surface area contributed by atoms with Crippen molar-refractivity contribution in [1.29, 1.82) is 0 Å². The molecule has 17 nitrogen and oxygen atoms in total. The van der Waals surface area contributed by atoms with E-state index < -0.39 is 97.5 Å². The lowest BCUT2D eigenvalue weighted by atomic mass is 10.0. The molecule has 0 saturated carbocycles. The largest absolute Gasteiger partial charge is 0.472 e. The van der Waals surface area contributed by atoms with E-state index in [1.165, 1.54) is 135 Å². The van der Waals surface area contributed by atoms with Crippen molar-refractivity contribution in [2.24, 2.45) is 11.8 Å². The summed E-state index contributed by atoms with van der Waals surface area (Å²) >= 11 is 0. The number of carbonyl (C=O) groups is 4. The highest BCUT2D eigenvalue weighted by Crippen LogP contribution is 2.45. The van der Waals surface area contributed by atoms with Crippen LogP contribution in [0.15, 0.2) is 0 Å². The minimum Gasteiger partial charge on any atom is -0.462 e. The summed E-state index contributed by atoms with van der Waals surface area (Å²) in [4.78, 5) is 71.9. The van der Waals surface area contributed by atoms with Crippen LogP contribution >= 0.6 is 15.6 Å². The van der Waals surface area contributed by atoms with Gasteiger partial charge in [0.2, 0.25) is 0 Å². The van der Waals surface area contributed by atoms with E-state index in [0.717, 1.165) is 102 Å². The Kier molecular flexibility index (Phi) is 56.2. The summed E-state index contributed by atoms with van der Waals surface area (Å²) in [6.45, 7) is 9.35. The third-order valence-corrected chi connectivity index (χ3v) is 16.9. The number of phosphoric acid groups is 2. The van der Waals surface area contributed by atoms with Crippen molar-refractivity contribution in [2.45, 2.75) is 342 Å². The van der Waals surface area contributed by atoms with Crippen LogP contribution in [-0.2, 0) is 65.4 Å². The van der Waals surface area contributed by atoms with Crippen LogP contribution in [0.25, 0.3) is 0 Å². The van der Waals surface area contributed by atoms with Gasteiger partial charge in [-0.2, -0.15) is 0 Å². The molecule has 0 radical (unpaired) electrons. The van der Waals surface area contributed by atoms with Gasteiger partial charge in [0.05, 0.1) is 26.4 Å². The molecule has 3 N–H and O–H groups in total. The van der Waals surface area contributed by atoms with Crippen LogP contribution in [0, 0.1) is 11.8 Å². The maximum atomic E-state index is 13.0. The standard InChI is InChI=1S/C65H126O17P2/c1-7-9-11-13-14-15-22-26-29-36-42-48-63(68)76-54-61(81-64(69)49-43-37-30-27-24-21-19-17-16-18-20-23-25-28-34-39-45-57(3)4)56-80-84(73,74)78-52-59(66)51-77-83(71,72)79-55-60(53-75-62(67)47-41-33-12-10-8-2)82-65(70)50-44-38-32-31-35-40-46-58(5)6/h57-61,66H,7-56H2,1-6H3,(H,71,72)(H,73,74)/t59-,60+,61+/m0/s1. The van der Waals surface area contributed by atoms with Gasteiger partial charge in [-0.15, -0.1) is 0 Å². The normalized spacial score (nSPS) is 14.3. The SMILES string of the molecule is CCCCCCCCCCCCCC(=O)OC[C@H](COP(=O)(O)OC[C@@H](O)COP(=O)(O)OC[C@@H](COC(=O)CCCCCCC)OC(=O)CCCCCCCCC(C)C)OC(=O)CCCCCCCCCCCCCCCCCCC(C)C. The third-order valence-electron chi connectivity index (χ3n) is 15.0. The van der Waals surface area contributed by atoms with Crippen molar-refractivity contribution in [3.63, 3.8) is 0 Å². The van der Waals surface area contributed by atoms with Gasteiger partial charge in [-0.05, 0) is 37.5 Å². The summed E-state index contributed by atoms with van der Waals surface area (Å²) in [6, 6.07) is 0. The quantitative estimate of drug-likeness (QED) is 0.0222. The highest BCUT2D eigenvalue weighted by Gasteiger charge is 2.30. The fourth-order valence-corrected chi connectivity index (χ4v) is 11.3. The number of hydrogen-bond donors (Lipinski definition) is 3. The molecule has 84 heavy (non-hydrogen) atoms. The number of unbranched alkanes of at least 4 members (excludes halogenated alkanes) is 34. The minimum absolute atomic E-state index is 0.101. The molecule has 0 rings (SSSR count). The zero-order valence-electron chi connectivity index (χ0n) is 54.2. The number of ether oxygens (including phenoxy) is 4. The summed E-state index contributed by atoms with van der Waals surface area (Å²) in [5.74, 6) is -0.668. The summed E-state index contributed by atoms with van der Waals surface area (Å²) in [5.41, 5.74) is 0. The second-order valence-electron chi connectivity index (χ2n) is 24.5. The summed E-state index contributed by atoms with van der Waals surface area (Å²) in [7, 11) is -9.88. The number of aliphatic hydroxyl groups is 1. The number of rotatable bonds is 64. The molecule has 0 amide bonds. The molecule has 0 saturated heterocycles. The molecule has 0 aromatic rings. The highest BCUT2D eigenvalue weighted by atomic mass is 31.2. The molecule has 0 aliphatic heterocycles. The molecule has 0 aromatic carbocycles. The maximum absolute atomic E-state index is 13.0. The number of carbonyl (C=O) groups excluding carboxylic acids is 4. The summed E-state index contributed by atoms with van der Waals surface area (Å²) in [6.07, 6.45) is 40.9. The van der Waals surface area contributed by atoms with Crippen LogP contribution in [0.1, 0.15) is 324 Å². The predicted molar refractivity (Wildman–Crippen MR) is 335 cm³/mol. The van der Waals surface area contributed by atoms with Crippen LogP contribution in [0.3, 0.4) is 0 Å². The number of hydrogen-bond acceptors (Lipinski definition) is 15. The van der Waals surface area contributed by atoms with Crippen molar-refractivity contribution in [3.8, 4) is 0 Å². The van der Waals surface area contributed by atoms with Gasteiger partial charge in [0.25, 0.3) is 0 Å². The first-order chi connectivity index (χ1) is 40.4. The first-order valence-corrected chi connectivity index (χ1v) is 37.0. The Hall–Kier alpha value is -1.94. The number of phosphoric ester groups is 2. The van der Waals surface area contributed by atoms with Gasteiger partial charge in [0.1, 0.15) is 19.3 Å². The fraction of sp³-hybridized carbons (Fsp3) is 0.938. The smallest absolute Gasteiger partial charge is 0.462 e. The zero-order chi connectivity index (χ0) is 62.2. The molecule has 0 fully saturated rings. The van der Waals surface area contributed by atoms with E-state index >= 15 is 0 Å². The lowest BCUT2D eigenvalue weighted by Gasteiger charge is -2.21. The third kappa shape index (κ3) is 59.0. The monoisotopic (exact) mass is 1240 g/mol.